The molecule has 1 amide bonds. The molecule has 0 unspecified atom stereocenters. The molecule has 2 aromatic heterocycles. The van der Waals surface area contributed by atoms with E-state index in [1.165, 1.54) is 10.6 Å². The molecule has 1 atom stereocenters. The van der Waals surface area contributed by atoms with Crippen LogP contribution in [-0.2, 0) is 11.3 Å². The summed E-state index contributed by atoms with van der Waals surface area (Å²) in [7, 11) is 0. The minimum Gasteiger partial charge on any atom is -0.338 e. The summed E-state index contributed by atoms with van der Waals surface area (Å²) < 4.78 is 3.08. The van der Waals surface area contributed by atoms with Gasteiger partial charge in [0.05, 0.1) is 0 Å². The van der Waals surface area contributed by atoms with E-state index in [1.54, 1.807) is 4.57 Å². The first-order valence-electron chi connectivity index (χ1n) is 9.78. The van der Waals surface area contributed by atoms with Crippen LogP contribution in [0.5, 0.6) is 0 Å². The summed E-state index contributed by atoms with van der Waals surface area (Å²) in [5, 5.41) is 4.41. The van der Waals surface area contributed by atoms with Crippen LogP contribution in [0.1, 0.15) is 37.4 Å². The van der Waals surface area contributed by atoms with Crippen LogP contribution in [0.15, 0.2) is 35.1 Å². The molecule has 3 aromatic rings. The van der Waals surface area contributed by atoms with Gasteiger partial charge in [-0.2, -0.15) is 9.50 Å². The lowest BCUT2D eigenvalue weighted by Gasteiger charge is -2.33. The number of carbonyl (C=O) groups is 1. The summed E-state index contributed by atoms with van der Waals surface area (Å²) >= 11 is 0. The Hall–Kier alpha value is -2.96. The molecule has 3 heterocycles. The van der Waals surface area contributed by atoms with Gasteiger partial charge < -0.3 is 9.47 Å². The predicted octanol–water partition coefficient (Wildman–Crippen LogP) is 2.58. The minimum atomic E-state index is -0.242. The van der Waals surface area contributed by atoms with E-state index in [9.17, 15) is 9.59 Å². The Labute approximate surface area is 163 Å². The Balaban J connectivity index is 1.75. The lowest BCUT2D eigenvalue weighted by atomic mass is 10.0. The fraction of sp³-hybridized carbons (Fsp3) is 0.429. The zero-order chi connectivity index (χ0) is 19.8. The molecule has 1 aromatic carbocycles. The van der Waals surface area contributed by atoms with Crippen molar-refractivity contribution in [3.63, 3.8) is 0 Å². The second-order valence-electron chi connectivity index (χ2n) is 7.66. The van der Waals surface area contributed by atoms with Gasteiger partial charge in [0.2, 0.25) is 11.7 Å². The Morgan fingerprint density at radius 2 is 2.04 bits per heavy atom. The fourth-order valence-electron chi connectivity index (χ4n) is 3.90. The molecule has 1 aliphatic heterocycles. The van der Waals surface area contributed by atoms with E-state index in [-0.39, 0.29) is 24.1 Å². The lowest BCUT2D eigenvalue weighted by Crippen LogP contribution is -2.44. The first kappa shape index (κ1) is 18.4. The number of aryl methyl sites for hydroxylation is 2. The summed E-state index contributed by atoms with van der Waals surface area (Å²) in [6, 6.07) is 9.60. The third kappa shape index (κ3) is 3.32. The maximum Gasteiger partial charge on any atom is 0.275 e. The highest BCUT2D eigenvalue weighted by atomic mass is 16.2. The van der Waals surface area contributed by atoms with Gasteiger partial charge in [-0.05, 0) is 46.1 Å². The zero-order valence-corrected chi connectivity index (χ0v) is 16.6. The van der Waals surface area contributed by atoms with Gasteiger partial charge in [-0.25, -0.2) is 0 Å². The SMILES string of the molecule is Cc1cccc(-c2nc3n(CC(=O)N4CCCC[C@H]4C)c(C)cc(=O)n3n2)c1. The zero-order valence-electron chi connectivity index (χ0n) is 16.6. The third-order valence-corrected chi connectivity index (χ3v) is 5.49. The maximum absolute atomic E-state index is 12.9. The van der Waals surface area contributed by atoms with Crippen molar-refractivity contribution in [2.45, 2.75) is 52.6 Å². The van der Waals surface area contributed by atoms with Crippen LogP contribution in [0, 0.1) is 13.8 Å². The molecule has 1 aliphatic rings. The van der Waals surface area contributed by atoms with Crippen molar-refractivity contribution in [2.75, 3.05) is 6.54 Å². The van der Waals surface area contributed by atoms with E-state index in [0.717, 1.165) is 36.9 Å². The summed E-state index contributed by atoms with van der Waals surface area (Å²) in [6.07, 6.45) is 3.24. The van der Waals surface area contributed by atoms with Crippen LogP contribution in [0.4, 0.5) is 0 Å². The quantitative estimate of drug-likeness (QED) is 0.701. The molecule has 28 heavy (non-hydrogen) atoms. The van der Waals surface area contributed by atoms with Gasteiger partial charge in [0.25, 0.3) is 5.56 Å². The first-order valence-corrected chi connectivity index (χ1v) is 9.78. The van der Waals surface area contributed by atoms with Crippen LogP contribution in [0.25, 0.3) is 17.2 Å². The Morgan fingerprint density at radius 1 is 1.21 bits per heavy atom. The normalized spacial score (nSPS) is 17.2. The number of piperidine rings is 1. The molecule has 4 rings (SSSR count). The molecule has 1 fully saturated rings. The van der Waals surface area contributed by atoms with Gasteiger partial charge >= 0.3 is 0 Å². The number of hydrogen-bond donors (Lipinski definition) is 0. The van der Waals surface area contributed by atoms with E-state index in [0.29, 0.717) is 17.3 Å². The Morgan fingerprint density at radius 3 is 2.79 bits per heavy atom. The number of aromatic nitrogens is 4. The van der Waals surface area contributed by atoms with Gasteiger partial charge in [-0.3, -0.25) is 9.59 Å². The number of rotatable bonds is 3. The average molecular weight is 379 g/mol. The molecular weight excluding hydrogens is 354 g/mol. The highest BCUT2D eigenvalue weighted by molar-refractivity contribution is 5.77. The third-order valence-electron chi connectivity index (χ3n) is 5.49. The number of amides is 1. The number of nitrogens with zero attached hydrogens (tertiary/aromatic N) is 5. The van der Waals surface area contributed by atoms with Crippen LogP contribution in [0.2, 0.25) is 0 Å². The van der Waals surface area contributed by atoms with Crippen LogP contribution >= 0.6 is 0 Å². The molecule has 0 bridgehead atoms. The lowest BCUT2D eigenvalue weighted by molar-refractivity contribution is -0.135. The van der Waals surface area contributed by atoms with E-state index in [1.807, 2.05) is 43.0 Å². The predicted molar refractivity (Wildman–Crippen MR) is 107 cm³/mol. The second-order valence-corrected chi connectivity index (χ2v) is 7.66. The van der Waals surface area contributed by atoms with Crippen LogP contribution < -0.4 is 5.56 Å². The number of benzene rings is 1. The summed E-state index contributed by atoms with van der Waals surface area (Å²) in [4.78, 5) is 32.0. The largest absolute Gasteiger partial charge is 0.338 e. The van der Waals surface area contributed by atoms with Crippen molar-refractivity contribution in [3.05, 3.63) is 51.9 Å². The Bertz CT molecular complexity index is 1100. The molecule has 146 valence electrons. The van der Waals surface area contributed by atoms with Crippen LogP contribution in [0.3, 0.4) is 0 Å². The minimum absolute atomic E-state index is 0.0564. The first-order chi connectivity index (χ1) is 13.4. The Kier molecular flexibility index (Phi) is 4.75. The van der Waals surface area contributed by atoms with Crippen molar-refractivity contribution in [1.29, 1.82) is 0 Å². The second kappa shape index (κ2) is 7.22. The number of carbonyl (C=O) groups excluding carboxylic acids is 1. The molecule has 7 nitrogen and oxygen atoms in total. The number of likely N-dealkylation sites (tertiary alicyclic amines) is 1. The topological polar surface area (TPSA) is 72.5 Å². The highest BCUT2D eigenvalue weighted by Gasteiger charge is 2.24. The molecule has 0 radical (unpaired) electrons. The molecule has 1 saturated heterocycles. The average Bonchev–Trinajstić information content (AvgIpc) is 3.11. The fourth-order valence-corrected chi connectivity index (χ4v) is 3.90. The summed E-state index contributed by atoms with van der Waals surface area (Å²) in [5.74, 6) is 0.944. The monoisotopic (exact) mass is 379 g/mol. The molecular formula is C21H25N5O2. The van der Waals surface area contributed by atoms with Crippen molar-refractivity contribution in [2.24, 2.45) is 0 Å². The number of hydrogen-bond acceptors (Lipinski definition) is 4. The molecule has 0 saturated carbocycles. The van der Waals surface area contributed by atoms with Gasteiger partial charge in [0.1, 0.15) is 6.54 Å². The van der Waals surface area contributed by atoms with E-state index < -0.39 is 0 Å². The smallest absolute Gasteiger partial charge is 0.275 e. The van der Waals surface area contributed by atoms with Gasteiger partial charge in [0, 0.05) is 29.9 Å². The molecule has 0 spiro atoms. The highest BCUT2D eigenvalue weighted by Crippen LogP contribution is 2.19. The van der Waals surface area contributed by atoms with Crippen LogP contribution in [-0.4, -0.2) is 42.6 Å². The number of fused-ring (bicyclic) bond motifs is 1. The van der Waals surface area contributed by atoms with Crippen molar-refractivity contribution in [3.8, 4) is 11.4 Å². The van der Waals surface area contributed by atoms with Crippen molar-refractivity contribution < 1.29 is 4.79 Å². The van der Waals surface area contributed by atoms with Gasteiger partial charge in [-0.15, -0.1) is 5.10 Å². The molecule has 7 heteroatoms. The van der Waals surface area contributed by atoms with Crippen molar-refractivity contribution in [1.82, 2.24) is 24.1 Å². The van der Waals surface area contributed by atoms with Gasteiger partial charge in [0.15, 0.2) is 5.82 Å². The van der Waals surface area contributed by atoms with E-state index >= 15 is 0 Å². The standard InChI is InChI=1S/C21H25N5O2/c1-14-7-6-9-17(11-14)20-22-21-25(16(3)12-18(27)26(21)23-20)13-19(28)24-10-5-4-8-15(24)2/h6-7,9,11-12,15H,4-5,8,10,13H2,1-3H3/t15-/m1/s1. The maximum atomic E-state index is 12.9. The molecule has 0 N–H and O–H groups in total. The van der Waals surface area contributed by atoms with E-state index in [2.05, 4.69) is 17.0 Å². The summed E-state index contributed by atoms with van der Waals surface area (Å²) in [6.45, 7) is 6.87. The van der Waals surface area contributed by atoms with Crippen molar-refractivity contribution >= 4 is 11.7 Å². The van der Waals surface area contributed by atoms with E-state index in [4.69, 9.17) is 0 Å². The summed E-state index contributed by atoms with van der Waals surface area (Å²) in [5.41, 5.74) is 2.41. The molecule has 0 aliphatic carbocycles. The van der Waals surface area contributed by atoms with Gasteiger partial charge in [-0.1, -0.05) is 23.8 Å².